The third-order valence-corrected chi connectivity index (χ3v) is 2.12. The topological polar surface area (TPSA) is 52.6 Å². The second-order valence-electron chi connectivity index (χ2n) is 3.01. The lowest BCUT2D eigenvalue weighted by Crippen LogP contribution is -2.19. The molecule has 0 unspecified atom stereocenters. The summed E-state index contributed by atoms with van der Waals surface area (Å²) in [6.45, 7) is 0. The van der Waals surface area contributed by atoms with Crippen molar-refractivity contribution in [2.24, 2.45) is 0 Å². The maximum Gasteiger partial charge on any atom is 0.573 e. The van der Waals surface area contributed by atoms with Gasteiger partial charge in [-0.05, 0) is 18.2 Å². The van der Waals surface area contributed by atoms with Gasteiger partial charge in [-0.15, -0.1) is 13.2 Å². The normalized spacial score (nSPS) is 10.9. The number of carbonyl (C=O) groups is 2. The van der Waals surface area contributed by atoms with E-state index < -0.39 is 29.4 Å². The molecule has 98 valence electrons. The van der Waals surface area contributed by atoms with E-state index in [9.17, 15) is 22.8 Å². The summed E-state index contributed by atoms with van der Waals surface area (Å²) in [6, 6.07) is 2.65. The van der Waals surface area contributed by atoms with Crippen LogP contribution >= 0.6 is 11.6 Å². The lowest BCUT2D eigenvalue weighted by Gasteiger charge is -2.10. The van der Waals surface area contributed by atoms with E-state index in [1.165, 1.54) is 0 Å². The molecule has 0 N–H and O–H groups in total. The van der Waals surface area contributed by atoms with Crippen molar-refractivity contribution in [2.45, 2.75) is 6.36 Å². The van der Waals surface area contributed by atoms with Crippen molar-refractivity contribution in [1.29, 1.82) is 0 Å². The molecule has 4 nitrogen and oxygen atoms in total. The molecular weight excluding hydrogens is 277 g/mol. The maximum absolute atomic E-state index is 12.0. The van der Waals surface area contributed by atoms with Crippen molar-refractivity contribution < 1.29 is 32.2 Å². The molecule has 0 bridgehead atoms. The molecule has 0 aliphatic carbocycles. The first-order chi connectivity index (χ1) is 8.24. The van der Waals surface area contributed by atoms with Gasteiger partial charge in [0.2, 0.25) is 0 Å². The first-order valence-corrected chi connectivity index (χ1v) is 4.80. The fourth-order valence-electron chi connectivity index (χ4n) is 1.08. The number of rotatable bonds is 3. The number of halogens is 4. The van der Waals surface area contributed by atoms with Crippen molar-refractivity contribution in [3.63, 3.8) is 0 Å². The van der Waals surface area contributed by atoms with Gasteiger partial charge in [0, 0.05) is 0 Å². The van der Waals surface area contributed by atoms with Crippen LogP contribution in [0.4, 0.5) is 13.2 Å². The second-order valence-corrected chi connectivity index (χ2v) is 3.42. The minimum Gasteiger partial charge on any atom is -0.463 e. The monoisotopic (exact) mass is 282 g/mol. The van der Waals surface area contributed by atoms with E-state index in [0.717, 1.165) is 25.3 Å². The Balaban J connectivity index is 3.09. The summed E-state index contributed by atoms with van der Waals surface area (Å²) in [6.07, 6.45) is -4.90. The van der Waals surface area contributed by atoms with Crippen LogP contribution in [0, 0.1) is 0 Å². The fraction of sp³-hybridized carbons (Fsp3) is 0.200. The maximum atomic E-state index is 12.0. The molecule has 0 amide bonds. The highest BCUT2D eigenvalue weighted by molar-refractivity contribution is 6.45. The molecule has 0 saturated heterocycles. The Bertz CT molecular complexity index is 485. The Kier molecular flexibility index (Phi) is 4.18. The Morgan fingerprint density at radius 1 is 1.28 bits per heavy atom. The highest BCUT2D eigenvalue weighted by Crippen LogP contribution is 2.27. The van der Waals surface area contributed by atoms with Crippen molar-refractivity contribution in [3.8, 4) is 5.75 Å². The number of methoxy groups -OCH3 is 1. The minimum atomic E-state index is -4.90. The SMILES string of the molecule is COC(=O)C(=O)c1cc(OC(F)(F)F)ccc1Cl. The summed E-state index contributed by atoms with van der Waals surface area (Å²) in [4.78, 5) is 22.4. The van der Waals surface area contributed by atoms with Gasteiger partial charge >= 0.3 is 12.3 Å². The van der Waals surface area contributed by atoms with Crippen LogP contribution in [0.2, 0.25) is 5.02 Å². The van der Waals surface area contributed by atoms with Gasteiger partial charge in [0.25, 0.3) is 5.78 Å². The van der Waals surface area contributed by atoms with Crippen LogP contribution in [-0.4, -0.2) is 25.2 Å². The Morgan fingerprint density at radius 3 is 2.39 bits per heavy atom. The van der Waals surface area contributed by atoms with E-state index in [0.29, 0.717) is 0 Å². The zero-order valence-corrected chi connectivity index (χ0v) is 9.63. The predicted octanol–water partition coefficient (Wildman–Crippen LogP) is 2.59. The summed E-state index contributed by atoms with van der Waals surface area (Å²) in [5.41, 5.74) is -0.426. The first-order valence-electron chi connectivity index (χ1n) is 4.42. The second kappa shape index (κ2) is 5.26. The van der Waals surface area contributed by atoms with Gasteiger partial charge in [-0.1, -0.05) is 11.6 Å². The molecule has 0 aromatic heterocycles. The number of carbonyl (C=O) groups excluding carboxylic acids is 2. The standard InChI is InChI=1S/C10H6ClF3O4/c1-17-9(16)8(15)6-4-5(2-3-7(6)11)18-10(12,13)14/h2-4H,1H3. The lowest BCUT2D eigenvalue weighted by atomic mass is 10.1. The number of ether oxygens (including phenoxy) is 2. The number of alkyl halides is 3. The van der Waals surface area contributed by atoms with Crippen LogP contribution in [0.25, 0.3) is 0 Å². The zero-order chi connectivity index (χ0) is 13.9. The molecule has 18 heavy (non-hydrogen) atoms. The molecular formula is C10H6ClF3O4. The average Bonchev–Trinajstić information content (AvgIpc) is 2.28. The molecule has 1 aromatic carbocycles. The number of Topliss-reactive ketones (excluding diaryl/α,β-unsaturated/α-hetero) is 1. The van der Waals surface area contributed by atoms with Crippen molar-refractivity contribution in [2.75, 3.05) is 7.11 Å². The van der Waals surface area contributed by atoms with Crippen LogP contribution in [0.3, 0.4) is 0 Å². The number of hydrogen-bond donors (Lipinski definition) is 0. The molecule has 0 aliphatic heterocycles. The minimum absolute atomic E-state index is 0.181. The van der Waals surface area contributed by atoms with E-state index in [1.54, 1.807) is 0 Å². The molecule has 0 spiro atoms. The van der Waals surface area contributed by atoms with Gasteiger partial charge in [0.15, 0.2) is 0 Å². The summed E-state index contributed by atoms with van der Waals surface area (Å²) < 4.78 is 43.7. The number of benzene rings is 1. The van der Waals surface area contributed by atoms with Gasteiger partial charge in [-0.3, -0.25) is 4.79 Å². The van der Waals surface area contributed by atoms with Crippen LogP contribution in [0.5, 0.6) is 5.75 Å². The molecule has 0 radical (unpaired) electrons. The largest absolute Gasteiger partial charge is 0.573 e. The van der Waals surface area contributed by atoms with E-state index in [4.69, 9.17) is 11.6 Å². The van der Waals surface area contributed by atoms with Crippen molar-refractivity contribution in [3.05, 3.63) is 28.8 Å². The third kappa shape index (κ3) is 3.63. The van der Waals surface area contributed by atoms with Gasteiger partial charge in [-0.2, -0.15) is 0 Å². The van der Waals surface area contributed by atoms with Crippen LogP contribution in [0.1, 0.15) is 10.4 Å². The van der Waals surface area contributed by atoms with E-state index in [2.05, 4.69) is 9.47 Å². The van der Waals surface area contributed by atoms with E-state index in [1.807, 2.05) is 0 Å². The van der Waals surface area contributed by atoms with Crippen LogP contribution < -0.4 is 4.74 Å². The number of hydrogen-bond acceptors (Lipinski definition) is 4. The zero-order valence-electron chi connectivity index (χ0n) is 8.88. The number of ketones is 1. The van der Waals surface area contributed by atoms with Crippen molar-refractivity contribution >= 4 is 23.4 Å². The molecule has 0 fully saturated rings. The van der Waals surface area contributed by atoms with Gasteiger partial charge in [-0.25, -0.2) is 4.79 Å². The molecule has 1 rings (SSSR count). The van der Waals surface area contributed by atoms with Gasteiger partial charge < -0.3 is 9.47 Å². The van der Waals surface area contributed by atoms with Crippen LogP contribution in [0.15, 0.2) is 18.2 Å². The predicted molar refractivity (Wildman–Crippen MR) is 54.5 cm³/mol. The molecule has 0 saturated carbocycles. The van der Waals surface area contributed by atoms with E-state index >= 15 is 0 Å². The molecule has 0 atom stereocenters. The van der Waals surface area contributed by atoms with Crippen molar-refractivity contribution in [1.82, 2.24) is 0 Å². The number of esters is 1. The Hall–Kier alpha value is -1.76. The van der Waals surface area contributed by atoms with Gasteiger partial charge in [0.05, 0.1) is 17.7 Å². The summed E-state index contributed by atoms with van der Waals surface area (Å²) in [5.74, 6) is -3.05. The fourth-order valence-corrected chi connectivity index (χ4v) is 1.28. The molecule has 0 aliphatic rings. The molecule has 0 heterocycles. The Morgan fingerprint density at radius 2 is 1.89 bits per heavy atom. The average molecular weight is 283 g/mol. The van der Waals surface area contributed by atoms with E-state index in [-0.39, 0.29) is 5.02 Å². The molecule has 1 aromatic rings. The lowest BCUT2D eigenvalue weighted by molar-refractivity contribution is -0.274. The quantitative estimate of drug-likeness (QED) is 0.486. The van der Waals surface area contributed by atoms with Gasteiger partial charge in [0.1, 0.15) is 5.75 Å². The summed E-state index contributed by atoms with van der Waals surface area (Å²) in [5, 5.41) is -0.181. The third-order valence-electron chi connectivity index (χ3n) is 1.79. The highest BCUT2D eigenvalue weighted by atomic mass is 35.5. The van der Waals surface area contributed by atoms with Crippen LogP contribution in [-0.2, 0) is 9.53 Å². The highest BCUT2D eigenvalue weighted by Gasteiger charge is 2.32. The summed E-state index contributed by atoms with van der Waals surface area (Å²) in [7, 11) is 0.963. The first kappa shape index (κ1) is 14.3. The smallest absolute Gasteiger partial charge is 0.463 e. The Labute approximate surface area is 104 Å². The summed E-state index contributed by atoms with van der Waals surface area (Å²) >= 11 is 5.60. The molecule has 8 heteroatoms.